The van der Waals surface area contributed by atoms with Crippen molar-refractivity contribution < 1.29 is 13.9 Å². The Kier molecular flexibility index (Phi) is 6.97. The number of nitrogens with zero attached hydrogens (tertiary/aromatic N) is 2. The summed E-state index contributed by atoms with van der Waals surface area (Å²) in [5.74, 6) is -0.200. The van der Waals surface area contributed by atoms with Gasteiger partial charge >= 0.3 is 5.69 Å². The molecule has 0 unspecified atom stereocenters. The normalized spacial score (nSPS) is 11.1. The minimum absolute atomic E-state index is 0.0118. The van der Waals surface area contributed by atoms with Crippen molar-refractivity contribution in [1.82, 2.24) is 9.55 Å². The van der Waals surface area contributed by atoms with Gasteiger partial charge in [0.15, 0.2) is 11.4 Å². The lowest BCUT2D eigenvalue weighted by atomic mass is 10.1. The number of amides is 1. The van der Waals surface area contributed by atoms with Crippen molar-refractivity contribution >= 4 is 40.0 Å². The summed E-state index contributed by atoms with van der Waals surface area (Å²) in [4.78, 5) is 42.7. The molecule has 0 saturated heterocycles. The molecule has 0 saturated carbocycles. The maximum Gasteiger partial charge on any atom is 0.330 e. The third-order valence-corrected chi connectivity index (χ3v) is 5.91. The van der Waals surface area contributed by atoms with E-state index in [-0.39, 0.29) is 23.8 Å². The third-order valence-electron chi connectivity index (χ3n) is 5.67. The highest BCUT2D eigenvalue weighted by molar-refractivity contribution is 6.31. The molecule has 0 aliphatic carbocycles. The molecule has 0 atom stereocenters. The van der Waals surface area contributed by atoms with E-state index in [1.807, 2.05) is 6.92 Å². The average molecular weight is 497 g/mol. The number of para-hydroxylation sites is 1. The van der Waals surface area contributed by atoms with E-state index >= 15 is 0 Å². The van der Waals surface area contributed by atoms with Crippen LogP contribution in [0.1, 0.15) is 35.9 Å². The molecule has 4 rings (SSSR count). The molecule has 2 aromatic heterocycles. The number of H-pyrrole nitrogens is 1. The monoisotopic (exact) mass is 496 g/mol. The average Bonchev–Trinajstić information content (AvgIpc) is 3.26. The molecule has 182 valence electrons. The number of ether oxygens (including phenoxy) is 1. The number of nitrogens with one attached hydrogen (secondary N) is 1. The fourth-order valence-corrected chi connectivity index (χ4v) is 4.07. The molecule has 0 fully saturated rings. The Labute approximate surface area is 205 Å². The number of methoxy groups -OCH3 is 1. The lowest BCUT2D eigenvalue weighted by Gasteiger charge is -2.24. The van der Waals surface area contributed by atoms with Crippen LogP contribution < -0.4 is 26.6 Å². The van der Waals surface area contributed by atoms with Gasteiger partial charge < -0.3 is 14.9 Å². The van der Waals surface area contributed by atoms with Gasteiger partial charge in [-0.2, -0.15) is 0 Å². The molecule has 4 aromatic rings. The van der Waals surface area contributed by atoms with E-state index in [1.165, 1.54) is 16.6 Å². The van der Waals surface area contributed by atoms with Crippen LogP contribution in [0.25, 0.3) is 11.0 Å². The first kappa shape index (κ1) is 24.2. The van der Waals surface area contributed by atoms with Crippen LogP contribution in [0.5, 0.6) is 5.75 Å². The van der Waals surface area contributed by atoms with E-state index in [2.05, 4.69) is 4.98 Å². The standard InChI is InChI=1S/C25H25ClN4O5/c1-3-4-11-29-22(27)21(23(31)28-25(29)33)30(14-15-7-5-6-8-18(15)34-2)24(32)20-13-16-12-17(26)9-10-19(16)35-20/h5-10,12-13H,3-4,11,14,27H2,1-2H3,(H,28,31,33). The zero-order chi connectivity index (χ0) is 25.1. The lowest BCUT2D eigenvalue weighted by molar-refractivity contribution is 0.0960. The summed E-state index contributed by atoms with van der Waals surface area (Å²) >= 11 is 6.08. The number of hydrogen-bond acceptors (Lipinski definition) is 6. The van der Waals surface area contributed by atoms with Crippen LogP contribution in [-0.4, -0.2) is 22.6 Å². The number of halogens is 1. The molecule has 3 N–H and O–H groups in total. The second-order valence-corrected chi connectivity index (χ2v) is 8.43. The van der Waals surface area contributed by atoms with Gasteiger partial charge in [-0.25, -0.2) is 4.79 Å². The summed E-state index contributed by atoms with van der Waals surface area (Å²) in [7, 11) is 1.51. The lowest BCUT2D eigenvalue weighted by Crippen LogP contribution is -2.41. The van der Waals surface area contributed by atoms with E-state index in [4.69, 9.17) is 26.5 Å². The van der Waals surface area contributed by atoms with Crippen molar-refractivity contribution in [1.29, 1.82) is 0 Å². The molecular formula is C25H25ClN4O5. The van der Waals surface area contributed by atoms with Crippen LogP contribution >= 0.6 is 11.6 Å². The molecule has 1 amide bonds. The summed E-state index contributed by atoms with van der Waals surface area (Å²) in [6.45, 7) is 2.21. The van der Waals surface area contributed by atoms with Gasteiger partial charge in [0.25, 0.3) is 11.5 Å². The zero-order valence-corrected chi connectivity index (χ0v) is 20.1. The van der Waals surface area contributed by atoms with E-state index in [0.717, 1.165) is 6.42 Å². The van der Waals surface area contributed by atoms with Gasteiger partial charge in [0.1, 0.15) is 17.2 Å². The molecule has 2 aromatic carbocycles. The molecule has 0 spiro atoms. The number of benzene rings is 2. The Hall–Kier alpha value is -3.98. The van der Waals surface area contributed by atoms with Crippen LogP contribution in [0.4, 0.5) is 11.5 Å². The Morgan fingerprint density at radius 2 is 1.97 bits per heavy atom. The number of unbranched alkanes of at least 4 members (excludes halogenated alkanes) is 1. The number of nitrogens with two attached hydrogens (primary N) is 1. The largest absolute Gasteiger partial charge is 0.496 e. The van der Waals surface area contributed by atoms with Gasteiger partial charge in [-0.15, -0.1) is 0 Å². The van der Waals surface area contributed by atoms with Crippen LogP contribution in [0.15, 0.2) is 62.5 Å². The van der Waals surface area contributed by atoms with Crippen molar-refractivity contribution in [3.05, 3.63) is 85.7 Å². The summed E-state index contributed by atoms with van der Waals surface area (Å²) in [5.41, 5.74) is 5.88. The smallest absolute Gasteiger partial charge is 0.330 e. The SMILES string of the molecule is CCCCn1c(N)c(N(Cc2ccccc2OC)C(=O)c2cc3cc(Cl)ccc3o2)c(=O)[nH]c1=O. The number of anilines is 2. The summed E-state index contributed by atoms with van der Waals surface area (Å²) in [6.07, 6.45) is 1.48. The number of carbonyl (C=O) groups excluding carboxylic acids is 1. The van der Waals surface area contributed by atoms with Crippen molar-refractivity contribution in [3.8, 4) is 5.75 Å². The van der Waals surface area contributed by atoms with Crippen molar-refractivity contribution in [2.45, 2.75) is 32.9 Å². The Morgan fingerprint density at radius 1 is 1.20 bits per heavy atom. The number of carbonyl (C=O) groups is 1. The van der Waals surface area contributed by atoms with E-state index in [1.54, 1.807) is 48.5 Å². The van der Waals surface area contributed by atoms with Gasteiger partial charge in [-0.1, -0.05) is 43.1 Å². The highest BCUT2D eigenvalue weighted by Crippen LogP contribution is 2.29. The number of aromatic amines is 1. The second kappa shape index (κ2) is 10.1. The first-order chi connectivity index (χ1) is 16.8. The zero-order valence-electron chi connectivity index (χ0n) is 19.3. The predicted octanol–water partition coefficient (Wildman–Crippen LogP) is 4.17. The fraction of sp³-hybridized carbons (Fsp3) is 0.240. The number of rotatable bonds is 8. The van der Waals surface area contributed by atoms with E-state index in [9.17, 15) is 14.4 Å². The maximum absolute atomic E-state index is 13.8. The van der Waals surface area contributed by atoms with E-state index in [0.29, 0.717) is 40.3 Å². The molecular weight excluding hydrogens is 472 g/mol. The van der Waals surface area contributed by atoms with Crippen molar-refractivity contribution in [2.75, 3.05) is 17.7 Å². The molecule has 35 heavy (non-hydrogen) atoms. The molecule has 0 aliphatic heterocycles. The Bertz CT molecular complexity index is 1500. The summed E-state index contributed by atoms with van der Waals surface area (Å²) in [5, 5.41) is 1.12. The molecule has 2 heterocycles. The van der Waals surface area contributed by atoms with Crippen LogP contribution in [0, 0.1) is 0 Å². The van der Waals surface area contributed by atoms with Gasteiger partial charge in [-0.3, -0.25) is 24.0 Å². The summed E-state index contributed by atoms with van der Waals surface area (Å²) in [6, 6.07) is 13.6. The molecule has 10 heteroatoms. The first-order valence-corrected chi connectivity index (χ1v) is 11.5. The number of aromatic nitrogens is 2. The maximum atomic E-state index is 13.8. The number of hydrogen-bond donors (Lipinski definition) is 2. The van der Waals surface area contributed by atoms with Crippen LogP contribution in [0.2, 0.25) is 5.02 Å². The molecule has 0 aliphatic rings. The van der Waals surface area contributed by atoms with Gasteiger partial charge in [0, 0.05) is 22.5 Å². The van der Waals surface area contributed by atoms with Crippen molar-refractivity contribution in [2.24, 2.45) is 0 Å². The molecule has 9 nitrogen and oxygen atoms in total. The van der Waals surface area contributed by atoms with Gasteiger partial charge in [0.2, 0.25) is 0 Å². The highest BCUT2D eigenvalue weighted by atomic mass is 35.5. The van der Waals surface area contributed by atoms with E-state index < -0.39 is 17.2 Å². The summed E-state index contributed by atoms with van der Waals surface area (Å²) < 4.78 is 12.5. The second-order valence-electron chi connectivity index (χ2n) is 7.99. The molecule has 0 radical (unpaired) electrons. The highest BCUT2D eigenvalue weighted by Gasteiger charge is 2.28. The first-order valence-electron chi connectivity index (χ1n) is 11.1. The van der Waals surface area contributed by atoms with Crippen LogP contribution in [0.3, 0.4) is 0 Å². The quantitative estimate of drug-likeness (QED) is 0.377. The number of furan rings is 1. The van der Waals surface area contributed by atoms with Crippen molar-refractivity contribution in [3.63, 3.8) is 0 Å². The Balaban J connectivity index is 1.88. The van der Waals surface area contributed by atoms with Crippen LogP contribution in [-0.2, 0) is 13.1 Å². The third kappa shape index (κ3) is 4.81. The van der Waals surface area contributed by atoms with Gasteiger partial charge in [-0.05, 0) is 36.8 Å². The van der Waals surface area contributed by atoms with Gasteiger partial charge in [0.05, 0.1) is 13.7 Å². The number of fused-ring (bicyclic) bond motifs is 1. The fourth-order valence-electron chi connectivity index (χ4n) is 3.89. The Morgan fingerprint density at radius 3 is 2.71 bits per heavy atom. The minimum Gasteiger partial charge on any atom is -0.496 e. The number of nitrogen functional groups attached to an aromatic ring is 1. The topological polar surface area (TPSA) is 124 Å². The molecule has 0 bridgehead atoms. The predicted molar refractivity (Wildman–Crippen MR) is 135 cm³/mol. The minimum atomic E-state index is -0.775.